The predicted octanol–water partition coefficient (Wildman–Crippen LogP) is 3.06. The Morgan fingerprint density at radius 2 is 2.26 bits per heavy atom. The molecule has 100 valence electrons. The van der Waals surface area contributed by atoms with Gasteiger partial charge in [0.1, 0.15) is 6.10 Å². The number of aromatic nitrogens is 1. The Balaban J connectivity index is 2.13. The van der Waals surface area contributed by atoms with Gasteiger partial charge in [-0.25, -0.2) is 4.98 Å². The molecule has 19 heavy (non-hydrogen) atoms. The highest BCUT2D eigenvalue weighted by Crippen LogP contribution is 2.27. The number of pyridine rings is 1. The van der Waals surface area contributed by atoms with Crippen molar-refractivity contribution in [3.05, 3.63) is 35.4 Å². The Morgan fingerprint density at radius 1 is 1.37 bits per heavy atom. The van der Waals surface area contributed by atoms with Crippen molar-refractivity contribution in [1.82, 2.24) is 10.3 Å². The highest BCUT2D eigenvalue weighted by molar-refractivity contribution is 5.83. The zero-order valence-corrected chi connectivity index (χ0v) is 11.6. The van der Waals surface area contributed by atoms with E-state index in [0.29, 0.717) is 0 Å². The third-order valence-electron chi connectivity index (χ3n) is 3.77. The summed E-state index contributed by atoms with van der Waals surface area (Å²) in [6.07, 6.45) is 2.22. The molecule has 0 fully saturated rings. The minimum Gasteiger partial charge on any atom is -0.473 e. The SMILES string of the molecule is CCc1cccc2cc3c(nc12)O[C@H](CC)CNC3. The maximum absolute atomic E-state index is 6.04. The number of fused-ring (bicyclic) bond motifs is 2. The molecule has 0 spiro atoms. The first kappa shape index (κ1) is 12.4. The normalized spacial score (nSPS) is 18.7. The van der Waals surface area contributed by atoms with Crippen molar-refractivity contribution < 1.29 is 4.74 Å². The molecule has 0 saturated carbocycles. The molecule has 1 aromatic heterocycles. The van der Waals surface area contributed by atoms with Gasteiger partial charge in [-0.3, -0.25) is 0 Å². The number of hydrogen-bond donors (Lipinski definition) is 1. The Labute approximate surface area is 114 Å². The van der Waals surface area contributed by atoms with Crippen molar-refractivity contribution in [2.75, 3.05) is 6.54 Å². The second-order valence-corrected chi connectivity index (χ2v) is 5.07. The molecule has 0 radical (unpaired) electrons. The summed E-state index contributed by atoms with van der Waals surface area (Å²) in [6.45, 7) is 6.05. The van der Waals surface area contributed by atoms with E-state index in [1.807, 2.05) is 0 Å². The molecule has 0 unspecified atom stereocenters. The van der Waals surface area contributed by atoms with Crippen LogP contribution in [0.1, 0.15) is 31.4 Å². The van der Waals surface area contributed by atoms with E-state index in [9.17, 15) is 0 Å². The van der Waals surface area contributed by atoms with Crippen LogP contribution in [0, 0.1) is 0 Å². The summed E-state index contributed by atoms with van der Waals surface area (Å²) in [5.74, 6) is 0.810. The molecule has 0 aliphatic carbocycles. The third kappa shape index (κ3) is 2.30. The topological polar surface area (TPSA) is 34.1 Å². The number of benzene rings is 1. The van der Waals surface area contributed by atoms with Gasteiger partial charge in [-0.15, -0.1) is 0 Å². The molecule has 1 atom stereocenters. The average molecular weight is 256 g/mol. The highest BCUT2D eigenvalue weighted by Gasteiger charge is 2.18. The third-order valence-corrected chi connectivity index (χ3v) is 3.77. The summed E-state index contributed by atoms with van der Waals surface area (Å²) in [4.78, 5) is 4.78. The summed E-state index contributed by atoms with van der Waals surface area (Å²) in [7, 11) is 0. The zero-order valence-electron chi connectivity index (χ0n) is 11.6. The van der Waals surface area contributed by atoms with E-state index in [4.69, 9.17) is 9.72 Å². The first-order valence-electron chi connectivity index (χ1n) is 7.10. The standard InChI is InChI=1S/C16H20N2O/c1-3-11-6-5-7-12-8-13-9-17-10-14(4-2)19-16(13)18-15(11)12/h5-8,14,17H,3-4,9-10H2,1-2H3/t14-/m1/s1. The summed E-state index contributed by atoms with van der Waals surface area (Å²) in [5, 5.41) is 4.64. The van der Waals surface area contributed by atoms with Crippen LogP contribution in [0.25, 0.3) is 10.9 Å². The van der Waals surface area contributed by atoms with E-state index < -0.39 is 0 Å². The van der Waals surface area contributed by atoms with E-state index >= 15 is 0 Å². The van der Waals surface area contributed by atoms with Crippen LogP contribution in [0.5, 0.6) is 5.88 Å². The molecule has 3 nitrogen and oxygen atoms in total. The summed E-state index contributed by atoms with van der Waals surface area (Å²) < 4.78 is 6.04. The van der Waals surface area contributed by atoms with Crippen molar-refractivity contribution in [1.29, 1.82) is 0 Å². The van der Waals surface area contributed by atoms with E-state index in [1.54, 1.807) is 0 Å². The predicted molar refractivity (Wildman–Crippen MR) is 77.5 cm³/mol. The lowest BCUT2D eigenvalue weighted by atomic mass is 10.1. The van der Waals surface area contributed by atoms with Gasteiger partial charge in [0.15, 0.2) is 0 Å². The van der Waals surface area contributed by atoms with Gasteiger partial charge in [0, 0.05) is 24.0 Å². The molecule has 3 heteroatoms. The number of aryl methyl sites for hydroxylation is 1. The smallest absolute Gasteiger partial charge is 0.218 e. The van der Waals surface area contributed by atoms with Gasteiger partial charge in [-0.2, -0.15) is 0 Å². The molecule has 2 heterocycles. The highest BCUT2D eigenvalue weighted by atomic mass is 16.5. The lowest BCUT2D eigenvalue weighted by Crippen LogP contribution is -2.27. The number of hydrogen-bond acceptors (Lipinski definition) is 3. The molecule has 1 aliphatic rings. The number of nitrogens with zero attached hydrogens (tertiary/aromatic N) is 1. The molecule has 0 saturated heterocycles. The molecular weight excluding hydrogens is 236 g/mol. The second kappa shape index (κ2) is 5.17. The van der Waals surface area contributed by atoms with Crippen molar-refractivity contribution in [3.8, 4) is 5.88 Å². The van der Waals surface area contributed by atoms with Crippen LogP contribution >= 0.6 is 0 Å². The van der Waals surface area contributed by atoms with Gasteiger partial charge < -0.3 is 10.1 Å². The molecule has 0 bridgehead atoms. The lowest BCUT2D eigenvalue weighted by molar-refractivity contribution is 0.195. The molecule has 1 N–H and O–H groups in total. The summed E-state index contributed by atoms with van der Waals surface area (Å²) in [5.41, 5.74) is 3.53. The monoisotopic (exact) mass is 256 g/mol. The minimum absolute atomic E-state index is 0.222. The van der Waals surface area contributed by atoms with Gasteiger partial charge in [-0.05, 0) is 24.5 Å². The van der Waals surface area contributed by atoms with Crippen LogP contribution in [0.3, 0.4) is 0 Å². The number of rotatable bonds is 2. The molecule has 0 amide bonds. The van der Waals surface area contributed by atoms with Crippen LogP contribution < -0.4 is 10.1 Å². The van der Waals surface area contributed by atoms with E-state index in [2.05, 4.69) is 43.4 Å². The fourth-order valence-electron chi connectivity index (χ4n) is 2.60. The lowest BCUT2D eigenvalue weighted by Gasteiger charge is -2.15. The van der Waals surface area contributed by atoms with Crippen molar-refractivity contribution in [2.45, 2.75) is 39.3 Å². The first-order valence-corrected chi connectivity index (χ1v) is 7.10. The van der Waals surface area contributed by atoms with Gasteiger partial charge in [0.05, 0.1) is 5.52 Å². The van der Waals surface area contributed by atoms with Crippen LogP contribution in [-0.4, -0.2) is 17.6 Å². The Bertz CT molecular complexity index is 595. The van der Waals surface area contributed by atoms with Crippen LogP contribution in [0.2, 0.25) is 0 Å². The van der Waals surface area contributed by atoms with Crippen LogP contribution in [0.4, 0.5) is 0 Å². The summed E-state index contributed by atoms with van der Waals surface area (Å²) >= 11 is 0. The van der Waals surface area contributed by atoms with Gasteiger partial charge >= 0.3 is 0 Å². The molecule has 3 rings (SSSR count). The molecule has 2 aromatic rings. The van der Waals surface area contributed by atoms with Crippen molar-refractivity contribution >= 4 is 10.9 Å². The molecule has 1 aliphatic heterocycles. The van der Waals surface area contributed by atoms with E-state index in [-0.39, 0.29) is 6.10 Å². The quantitative estimate of drug-likeness (QED) is 0.896. The Kier molecular flexibility index (Phi) is 3.38. The zero-order chi connectivity index (χ0) is 13.2. The maximum atomic E-state index is 6.04. The van der Waals surface area contributed by atoms with Crippen LogP contribution in [0.15, 0.2) is 24.3 Å². The average Bonchev–Trinajstić information content (AvgIpc) is 2.65. The number of para-hydroxylation sites is 1. The van der Waals surface area contributed by atoms with Crippen LogP contribution in [-0.2, 0) is 13.0 Å². The van der Waals surface area contributed by atoms with E-state index in [0.717, 1.165) is 42.9 Å². The van der Waals surface area contributed by atoms with Gasteiger partial charge in [0.2, 0.25) is 5.88 Å². The fourth-order valence-corrected chi connectivity index (χ4v) is 2.60. The Morgan fingerprint density at radius 3 is 3.05 bits per heavy atom. The largest absolute Gasteiger partial charge is 0.473 e. The first-order chi connectivity index (χ1) is 9.31. The number of nitrogens with one attached hydrogen (secondary N) is 1. The second-order valence-electron chi connectivity index (χ2n) is 5.07. The van der Waals surface area contributed by atoms with Gasteiger partial charge in [0.25, 0.3) is 0 Å². The van der Waals surface area contributed by atoms with Crippen molar-refractivity contribution in [3.63, 3.8) is 0 Å². The summed E-state index contributed by atoms with van der Waals surface area (Å²) in [6, 6.07) is 8.59. The maximum Gasteiger partial charge on any atom is 0.218 e. The van der Waals surface area contributed by atoms with E-state index in [1.165, 1.54) is 10.9 Å². The molecular formula is C16H20N2O. The van der Waals surface area contributed by atoms with Gasteiger partial charge in [-0.1, -0.05) is 32.0 Å². The Hall–Kier alpha value is -1.61. The number of ether oxygens (including phenoxy) is 1. The fraction of sp³-hybridized carbons (Fsp3) is 0.438. The minimum atomic E-state index is 0.222. The van der Waals surface area contributed by atoms with Crippen molar-refractivity contribution in [2.24, 2.45) is 0 Å². The molecule has 1 aromatic carbocycles.